The van der Waals surface area contributed by atoms with E-state index in [4.69, 9.17) is 24.1 Å². The minimum absolute atomic E-state index is 0.0264. The first kappa shape index (κ1) is 24.4. The van der Waals surface area contributed by atoms with E-state index in [9.17, 15) is 8.42 Å². The van der Waals surface area contributed by atoms with Gasteiger partial charge >= 0.3 is 0 Å². The number of fused-ring (bicyclic) bond motifs is 5. The largest absolute Gasteiger partial charge is 0.493 e. The smallest absolute Gasteiger partial charge is 0.238 e. The highest BCUT2D eigenvalue weighted by molar-refractivity contribution is 7.89. The number of hydrogen-bond donors (Lipinski definition) is 1. The number of benzene rings is 3. The third kappa shape index (κ3) is 4.17. The second-order valence-electron chi connectivity index (χ2n) is 9.55. The van der Waals surface area contributed by atoms with Gasteiger partial charge in [-0.25, -0.2) is 18.2 Å². The SMILES string of the molecule is COc1ccc2cc3c(cc2c1OCc1cn(-c2ccc(S(N)(=O)=O)cc2)nn1)CC[n+]1cc2c(cc1-3)OCO2. The van der Waals surface area contributed by atoms with Crippen LogP contribution in [0.25, 0.3) is 27.7 Å². The molecule has 40 heavy (non-hydrogen) atoms. The van der Waals surface area contributed by atoms with Gasteiger partial charge in [-0.2, -0.15) is 4.57 Å². The molecule has 2 aliphatic rings. The molecule has 0 radical (unpaired) electrons. The van der Waals surface area contributed by atoms with Gasteiger partial charge in [-0.05, 0) is 53.4 Å². The minimum Gasteiger partial charge on any atom is -0.493 e. The lowest BCUT2D eigenvalue weighted by atomic mass is 9.93. The van der Waals surface area contributed by atoms with Crippen LogP contribution >= 0.6 is 0 Å². The predicted octanol–water partition coefficient (Wildman–Crippen LogP) is 2.89. The lowest BCUT2D eigenvalue weighted by molar-refractivity contribution is -0.687. The highest BCUT2D eigenvalue weighted by atomic mass is 32.2. The molecule has 4 heterocycles. The van der Waals surface area contributed by atoms with E-state index in [1.54, 1.807) is 30.1 Å². The molecule has 3 aromatic carbocycles. The van der Waals surface area contributed by atoms with Crippen molar-refractivity contribution in [1.82, 2.24) is 15.0 Å². The van der Waals surface area contributed by atoms with Crippen molar-refractivity contribution in [3.63, 3.8) is 0 Å². The van der Waals surface area contributed by atoms with Gasteiger partial charge in [0.15, 0.2) is 23.8 Å². The molecule has 0 atom stereocenters. The number of hydrogen-bond acceptors (Lipinski definition) is 8. The van der Waals surface area contributed by atoms with E-state index in [0.29, 0.717) is 22.9 Å². The second-order valence-corrected chi connectivity index (χ2v) is 11.1. The van der Waals surface area contributed by atoms with Crippen LogP contribution in [0.2, 0.25) is 0 Å². The molecule has 0 saturated heterocycles. The topological polar surface area (TPSA) is 132 Å². The first-order chi connectivity index (χ1) is 19.4. The molecule has 7 rings (SSSR count). The van der Waals surface area contributed by atoms with E-state index >= 15 is 0 Å². The number of nitrogens with two attached hydrogens (primary N) is 1. The monoisotopic (exact) mass is 558 g/mol. The molecule has 11 nitrogen and oxygen atoms in total. The number of sulfonamides is 1. The molecule has 0 saturated carbocycles. The molecular weight excluding hydrogens is 534 g/mol. The molecule has 0 unspecified atom stereocenters. The van der Waals surface area contributed by atoms with Gasteiger partial charge < -0.3 is 18.9 Å². The fourth-order valence-electron chi connectivity index (χ4n) is 5.14. The number of aromatic nitrogens is 4. The van der Waals surface area contributed by atoms with Crippen LogP contribution < -0.4 is 28.7 Å². The number of nitrogens with zero attached hydrogens (tertiary/aromatic N) is 4. The van der Waals surface area contributed by atoms with Gasteiger partial charge in [0.05, 0.1) is 35.5 Å². The van der Waals surface area contributed by atoms with Crippen LogP contribution in [0.15, 0.2) is 71.9 Å². The van der Waals surface area contributed by atoms with E-state index in [1.807, 2.05) is 24.4 Å². The average molecular weight is 559 g/mol. The molecule has 5 aromatic rings. The van der Waals surface area contributed by atoms with E-state index in [2.05, 4.69) is 27.0 Å². The normalized spacial score (nSPS) is 13.7. The summed E-state index contributed by atoms with van der Waals surface area (Å²) in [6.45, 7) is 1.22. The summed E-state index contributed by atoms with van der Waals surface area (Å²) in [6.07, 6.45) is 4.59. The van der Waals surface area contributed by atoms with Crippen molar-refractivity contribution in [2.24, 2.45) is 5.14 Å². The number of methoxy groups -OCH3 is 1. The van der Waals surface area contributed by atoms with Crippen molar-refractivity contribution in [3.05, 3.63) is 78.2 Å². The number of rotatable bonds is 6. The highest BCUT2D eigenvalue weighted by Crippen LogP contribution is 2.41. The predicted molar refractivity (Wildman–Crippen MR) is 143 cm³/mol. The zero-order chi connectivity index (χ0) is 27.4. The Morgan fingerprint density at radius 3 is 2.70 bits per heavy atom. The van der Waals surface area contributed by atoms with Gasteiger partial charge in [-0.3, -0.25) is 0 Å². The van der Waals surface area contributed by atoms with Crippen LogP contribution in [-0.4, -0.2) is 37.3 Å². The number of primary sulfonamides is 1. The first-order valence-corrected chi connectivity index (χ1v) is 14.1. The maximum Gasteiger partial charge on any atom is 0.238 e. The van der Waals surface area contributed by atoms with Gasteiger partial charge in [0.25, 0.3) is 0 Å². The maximum absolute atomic E-state index is 11.5. The third-order valence-electron chi connectivity index (χ3n) is 7.13. The number of aryl methyl sites for hydroxylation is 2. The number of ether oxygens (including phenoxy) is 4. The molecule has 0 fully saturated rings. The van der Waals surface area contributed by atoms with Crippen molar-refractivity contribution in [1.29, 1.82) is 0 Å². The molecule has 0 bridgehead atoms. The minimum atomic E-state index is -3.77. The van der Waals surface area contributed by atoms with Gasteiger partial charge in [-0.15, -0.1) is 5.10 Å². The standard InChI is InChI=1S/C28H24N5O6S/c1-36-25-7-2-17-10-22-18(8-9-32-14-27-26(12-24(22)32)38-16-39-27)11-23(17)28(25)37-15-19-13-33(31-30-19)20-3-5-21(6-4-20)40(29,34)35/h2-7,10-14H,8-9,15-16H2,1H3,(H2,29,34,35)/q+1. The van der Waals surface area contributed by atoms with Gasteiger partial charge in [0.1, 0.15) is 12.3 Å². The summed E-state index contributed by atoms with van der Waals surface area (Å²) in [6, 6.07) is 16.4. The molecule has 2 N–H and O–H groups in total. The Kier molecular flexibility index (Phi) is 5.61. The van der Waals surface area contributed by atoms with Crippen LogP contribution in [0.1, 0.15) is 11.3 Å². The summed E-state index contributed by atoms with van der Waals surface area (Å²) in [5, 5.41) is 15.5. The Morgan fingerprint density at radius 1 is 1.07 bits per heavy atom. The summed E-state index contributed by atoms with van der Waals surface area (Å²) >= 11 is 0. The van der Waals surface area contributed by atoms with E-state index < -0.39 is 10.0 Å². The Labute approximate surface area is 229 Å². The summed E-state index contributed by atoms with van der Waals surface area (Å²) in [4.78, 5) is 0.0264. The summed E-state index contributed by atoms with van der Waals surface area (Å²) < 4.78 is 49.9. The van der Waals surface area contributed by atoms with Gasteiger partial charge in [0.2, 0.25) is 34.5 Å². The lowest BCUT2D eigenvalue weighted by Crippen LogP contribution is -2.39. The van der Waals surface area contributed by atoms with Crippen molar-refractivity contribution < 1.29 is 31.9 Å². The first-order valence-electron chi connectivity index (χ1n) is 12.5. The summed E-state index contributed by atoms with van der Waals surface area (Å²) in [7, 11) is -2.16. The Balaban J connectivity index is 1.19. The molecular formula is C28H24N5O6S+. The molecule has 12 heteroatoms. The zero-order valence-electron chi connectivity index (χ0n) is 21.4. The zero-order valence-corrected chi connectivity index (χ0v) is 22.2. The van der Waals surface area contributed by atoms with E-state index in [-0.39, 0.29) is 18.3 Å². The van der Waals surface area contributed by atoms with Crippen molar-refractivity contribution >= 4 is 20.8 Å². The Morgan fingerprint density at radius 2 is 1.90 bits per heavy atom. The second kappa shape index (κ2) is 9.21. The summed E-state index contributed by atoms with van der Waals surface area (Å²) in [5.74, 6) is 2.77. The molecule has 2 aliphatic heterocycles. The van der Waals surface area contributed by atoms with Crippen molar-refractivity contribution in [2.75, 3.05) is 13.9 Å². The Bertz CT molecular complexity index is 1900. The maximum atomic E-state index is 11.5. The van der Waals surface area contributed by atoms with E-state index in [1.165, 1.54) is 17.7 Å². The molecule has 0 aliphatic carbocycles. The van der Waals surface area contributed by atoms with Crippen LogP contribution in [0.3, 0.4) is 0 Å². The third-order valence-corrected chi connectivity index (χ3v) is 8.06. The number of pyridine rings is 1. The fraction of sp³-hybridized carbons (Fsp3) is 0.179. The van der Waals surface area contributed by atoms with Crippen molar-refractivity contribution in [3.8, 4) is 39.9 Å². The Hall–Kier alpha value is -4.68. The average Bonchev–Trinajstić information content (AvgIpc) is 3.63. The van der Waals surface area contributed by atoms with Crippen molar-refractivity contribution in [2.45, 2.75) is 24.5 Å². The molecule has 0 spiro atoms. The van der Waals surface area contributed by atoms with Crippen LogP contribution in [0.5, 0.6) is 23.0 Å². The van der Waals surface area contributed by atoms with Crippen LogP contribution in [0, 0.1) is 0 Å². The lowest BCUT2D eigenvalue weighted by Gasteiger charge is -2.18. The quantitative estimate of drug-likeness (QED) is 0.315. The summed E-state index contributed by atoms with van der Waals surface area (Å²) in [5.41, 5.74) is 4.66. The molecule has 2 aromatic heterocycles. The molecule has 0 amide bonds. The van der Waals surface area contributed by atoms with Gasteiger partial charge in [0, 0.05) is 11.8 Å². The highest BCUT2D eigenvalue weighted by Gasteiger charge is 2.29. The fourth-order valence-corrected chi connectivity index (χ4v) is 5.65. The molecule has 202 valence electrons. The van der Waals surface area contributed by atoms with Crippen LogP contribution in [-0.2, 0) is 29.6 Å². The van der Waals surface area contributed by atoms with Gasteiger partial charge in [-0.1, -0.05) is 11.3 Å². The van der Waals surface area contributed by atoms with Crippen LogP contribution in [0.4, 0.5) is 0 Å². The van der Waals surface area contributed by atoms with E-state index in [0.717, 1.165) is 46.5 Å².